The number of hydrogen-bond donors (Lipinski definition) is 2. The summed E-state index contributed by atoms with van der Waals surface area (Å²) in [5.41, 5.74) is 2.39. The summed E-state index contributed by atoms with van der Waals surface area (Å²) >= 11 is 0. The maximum atomic E-state index is 12.4. The summed E-state index contributed by atoms with van der Waals surface area (Å²) in [4.78, 5) is 13.8. The van der Waals surface area contributed by atoms with Crippen molar-refractivity contribution in [3.8, 4) is 5.69 Å². The van der Waals surface area contributed by atoms with Gasteiger partial charge in [-0.05, 0) is 55.0 Å². The Morgan fingerprint density at radius 2 is 2.20 bits per heavy atom. The smallest absolute Gasteiger partial charge is 0.321 e. The molecule has 1 unspecified atom stereocenters. The molecule has 0 aliphatic rings. The molecule has 0 spiro atoms. The number of anilines is 1. The van der Waals surface area contributed by atoms with Gasteiger partial charge in [0, 0.05) is 12.7 Å². The molecule has 1 aromatic carbocycles. The van der Waals surface area contributed by atoms with Crippen molar-refractivity contribution in [2.75, 3.05) is 25.6 Å². The van der Waals surface area contributed by atoms with E-state index in [4.69, 9.17) is 4.74 Å². The van der Waals surface area contributed by atoms with Crippen LogP contribution in [0.3, 0.4) is 0 Å². The topological polar surface area (TPSA) is 105 Å². The zero-order chi connectivity index (χ0) is 18.4. The third-order valence-corrected chi connectivity index (χ3v) is 3.74. The van der Waals surface area contributed by atoms with E-state index in [1.54, 1.807) is 17.8 Å². The molecule has 0 aliphatic carbocycles. The van der Waals surface area contributed by atoms with Crippen LogP contribution in [0.1, 0.15) is 19.4 Å². The number of ether oxygens (including phenoxy) is 1. The summed E-state index contributed by atoms with van der Waals surface area (Å²) in [5, 5.41) is 23.4. The Morgan fingerprint density at radius 1 is 1.44 bits per heavy atom. The third kappa shape index (κ3) is 4.97. The van der Waals surface area contributed by atoms with Crippen molar-refractivity contribution in [2.45, 2.75) is 32.9 Å². The van der Waals surface area contributed by atoms with Gasteiger partial charge in [-0.25, -0.2) is 9.48 Å². The van der Waals surface area contributed by atoms with Crippen LogP contribution in [-0.4, -0.2) is 68.7 Å². The molecule has 2 amide bonds. The predicted octanol–water partition coefficient (Wildman–Crippen LogP) is 1.22. The first-order valence-corrected chi connectivity index (χ1v) is 8.02. The lowest BCUT2D eigenvalue weighted by atomic mass is 10.2. The van der Waals surface area contributed by atoms with Crippen LogP contribution >= 0.6 is 0 Å². The number of aromatic nitrogens is 4. The van der Waals surface area contributed by atoms with E-state index in [0.29, 0.717) is 5.69 Å². The van der Waals surface area contributed by atoms with E-state index in [2.05, 4.69) is 20.8 Å². The largest absolute Gasteiger partial charge is 0.394 e. The summed E-state index contributed by atoms with van der Waals surface area (Å²) in [6.45, 7) is 5.82. The number of hydrogen-bond acceptors (Lipinski definition) is 6. The number of aliphatic hydroxyl groups excluding tert-OH is 1. The number of benzene rings is 1. The second-order valence-electron chi connectivity index (χ2n) is 6.02. The standard InChI is InChI=1S/C16H24N6O3/c1-11(2)25-9-14(8-23)21(4)16(24)18-13-5-6-15(12(3)7-13)22-10-17-19-20-22/h5-7,10-11,14,23H,8-9H2,1-4H3,(H,18,24). The van der Waals surface area contributed by atoms with E-state index in [1.807, 2.05) is 32.9 Å². The Labute approximate surface area is 146 Å². The van der Waals surface area contributed by atoms with Crippen LogP contribution in [0.5, 0.6) is 0 Å². The van der Waals surface area contributed by atoms with Crippen LogP contribution in [0.25, 0.3) is 5.69 Å². The highest BCUT2D eigenvalue weighted by atomic mass is 16.5. The van der Waals surface area contributed by atoms with E-state index in [-0.39, 0.29) is 25.3 Å². The lowest BCUT2D eigenvalue weighted by molar-refractivity contribution is 0.0239. The lowest BCUT2D eigenvalue weighted by Crippen LogP contribution is -2.45. The lowest BCUT2D eigenvalue weighted by Gasteiger charge is -2.27. The van der Waals surface area contributed by atoms with Gasteiger partial charge in [0.05, 0.1) is 31.0 Å². The molecular formula is C16H24N6O3. The number of tetrazole rings is 1. The molecule has 0 radical (unpaired) electrons. The van der Waals surface area contributed by atoms with Crippen molar-refractivity contribution < 1.29 is 14.6 Å². The highest BCUT2D eigenvalue weighted by Gasteiger charge is 2.20. The van der Waals surface area contributed by atoms with Gasteiger partial charge in [-0.2, -0.15) is 0 Å². The number of aliphatic hydroxyl groups is 1. The number of carbonyl (C=O) groups is 1. The van der Waals surface area contributed by atoms with Crippen molar-refractivity contribution in [1.29, 1.82) is 0 Å². The number of amides is 2. The van der Waals surface area contributed by atoms with Crippen LogP contribution < -0.4 is 5.32 Å². The molecule has 0 fully saturated rings. The normalized spacial score (nSPS) is 12.2. The molecule has 1 aromatic heterocycles. The molecule has 25 heavy (non-hydrogen) atoms. The van der Waals surface area contributed by atoms with E-state index in [9.17, 15) is 9.90 Å². The van der Waals surface area contributed by atoms with Gasteiger partial charge in [0.1, 0.15) is 6.33 Å². The summed E-state index contributed by atoms with van der Waals surface area (Å²) in [5.74, 6) is 0. The Bertz CT molecular complexity index is 689. The van der Waals surface area contributed by atoms with E-state index >= 15 is 0 Å². The van der Waals surface area contributed by atoms with Gasteiger partial charge in [-0.3, -0.25) is 0 Å². The SMILES string of the molecule is Cc1cc(NC(=O)N(C)C(CO)COC(C)C)ccc1-n1cnnn1. The minimum absolute atomic E-state index is 0.0342. The molecule has 0 saturated carbocycles. The number of carbonyl (C=O) groups excluding carboxylic acids is 1. The summed E-state index contributed by atoms with van der Waals surface area (Å²) in [7, 11) is 1.63. The number of aryl methyl sites for hydroxylation is 1. The average Bonchev–Trinajstić information content (AvgIpc) is 3.09. The molecule has 0 saturated heterocycles. The molecule has 2 aromatic rings. The van der Waals surface area contributed by atoms with Crippen molar-refractivity contribution >= 4 is 11.7 Å². The van der Waals surface area contributed by atoms with Crippen molar-refractivity contribution in [3.05, 3.63) is 30.1 Å². The first kappa shape index (κ1) is 18.8. The molecule has 136 valence electrons. The quantitative estimate of drug-likeness (QED) is 0.779. The Hall–Kier alpha value is -2.52. The van der Waals surface area contributed by atoms with Gasteiger partial charge in [0.2, 0.25) is 0 Å². The van der Waals surface area contributed by atoms with Crippen LogP contribution in [0, 0.1) is 6.92 Å². The number of nitrogens with one attached hydrogen (secondary N) is 1. The molecule has 2 rings (SSSR count). The predicted molar refractivity (Wildman–Crippen MR) is 92.6 cm³/mol. The van der Waals surface area contributed by atoms with Crippen LogP contribution in [0.15, 0.2) is 24.5 Å². The highest BCUT2D eigenvalue weighted by Crippen LogP contribution is 2.18. The third-order valence-electron chi connectivity index (χ3n) is 3.74. The van der Waals surface area contributed by atoms with E-state index < -0.39 is 6.04 Å². The van der Waals surface area contributed by atoms with Crippen LogP contribution in [-0.2, 0) is 4.74 Å². The molecule has 9 heteroatoms. The second kappa shape index (κ2) is 8.54. The molecule has 1 atom stereocenters. The molecule has 0 aliphatic heterocycles. The number of urea groups is 1. The second-order valence-corrected chi connectivity index (χ2v) is 6.02. The first-order chi connectivity index (χ1) is 11.9. The van der Waals surface area contributed by atoms with Gasteiger partial charge in [-0.15, -0.1) is 5.10 Å². The fraction of sp³-hybridized carbons (Fsp3) is 0.500. The van der Waals surface area contributed by atoms with Gasteiger partial charge in [-0.1, -0.05) is 0 Å². The van der Waals surface area contributed by atoms with Crippen molar-refractivity contribution in [1.82, 2.24) is 25.1 Å². The Morgan fingerprint density at radius 3 is 2.76 bits per heavy atom. The van der Waals surface area contributed by atoms with Gasteiger partial charge < -0.3 is 20.1 Å². The molecular weight excluding hydrogens is 324 g/mol. The minimum Gasteiger partial charge on any atom is -0.394 e. The number of likely N-dealkylation sites (N-methyl/N-ethyl adjacent to an activating group) is 1. The number of nitrogens with zero attached hydrogens (tertiary/aromatic N) is 5. The molecule has 2 N–H and O–H groups in total. The summed E-state index contributed by atoms with van der Waals surface area (Å²) < 4.78 is 7.04. The van der Waals surface area contributed by atoms with Gasteiger partial charge in [0.25, 0.3) is 0 Å². The van der Waals surface area contributed by atoms with Gasteiger partial charge in [0.15, 0.2) is 0 Å². The summed E-state index contributed by atoms with van der Waals surface area (Å²) in [6, 6.07) is 4.70. The first-order valence-electron chi connectivity index (χ1n) is 8.02. The van der Waals surface area contributed by atoms with Crippen LogP contribution in [0.2, 0.25) is 0 Å². The van der Waals surface area contributed by atoms with Crippen molar-refractivity contribution in [2.24, 2.45) is 0 Å². The molecule has 0 bridgehead atoms. The zero-order valence-corrected chi connectivity index (χ0v) is 14.9. The maximum absolute atomic E-state index is 12.4. The summed E-state index contributed by atoms with van der Waals surface area (Å²) in [6.07, 6.45) is 1.54. The number of rotatable bonds is 7. The highest BCUT2D eigenvalue weighted by molar-refractivity contribution is 5.89. The van der Waals surface area contributed by atoms with Gasteiger partial charge >= 0.3 is 6.03 Å². The maximum Gasteiger partial charge on any atom is 0.321 e. The zero-order valence-electron chi connectivity index (χ0n) is 14.9. The molecule has 9 nitrogen and oxygen atoms in total. The monoisotopic (exact) mass is 348 g/mol. The fourth-order valence-corrected chi connectivity index (χ4v) is 2.23. The average molecular weight is 348 g/mol. The molecule has 1 heterocycles. The van der Waals surface area contributed by atoms with E-state index in [0.717, 1.165) is 11.3 Å². The fourth-order valence-electron chi connectivity index (χ4n) is 2.23. The minimum atomic E-state index is -0.413. The van der Waals surface area contributed by atoms with E-state index in [1.165, 1.54) is 11.2 Å². The Balaban J connectivity index is 2.03. The van der Waals surface area contributed by atoms with Crippen LogP contribution in [0.4, 0.5) is 10.5 Å². The Kier molecular flexibility index (Phi) is 6.43. The van der Waals surface area contributed by atoms with Crippen molar-refractivity contribution in [3.63, 3.8) is 0 Å².